The maximum atomic E-state index is 12.8. The first-order chi connectivity index (χ1) is 24.5. The Morgan fingerprint density at radius 3 is 1.67 bits per heavy atom. The van der Waals surface area contributed by atoms with Crippen LogP contribution in [0.5, 0.6) is 0 Å². The molecule has 1 amide bonds. The highest BCUT2D eigenvalue weighted by Crippen LogP contribution is 2.38. The number of aliphatic hydroxyl groups is 1. The molecule has 9 heteroatoms. The van der Waals surface area contributed by atoms with Crippen LogP contribution in [0, 0.1) is 0 Å². The summed E-state index contributed by atoms with van der Waals surface area (Å²) in [6, 6.07) is -0.891. The molecule has 0 heterocycles. The van der Waals surface area contributed by atoms with Gasteiger partial charge in [-0.05, 0) is 51.4 Å². The minimum absolute atomic E-state index is 0.00433. The Hall–Kier alpha value is -1.28. The number of allylic oxidation sites excluding steroid dienone is 5. The zero-order valence-corrected chi connectivity index (χ0v) is 34.7. The van der Waals surface area contributed by atoms with Crippen LogP contribution in [-0.4, -0.2) is 68.5 Å². The Morgan fingerprint density at radius 1 is 0.686 bits per heavy atom. The number of amides is 1. The van der Waals surface area contributed by atoms with Crippen molar-refractivity contribution in [1.82, 2.24) is 5.32 Å². The Kier molecular flexibility index (Phi) is 33.6. The van der Waals surface area contributed by atoms with Gasteiger partial charge < -0.3 is 28.8 Å². The molecule has 0 saturated heterocycles. The van der Waals surface area contributed by atoms with E-state index >= 15 is 0 Å². The number of rotatable bonds is 37. The highest BCUT2D eigenvalue weighted by Gasteiger charge is 2.23. The molecule has 0 aliphatic carbocycles. The van der Waals surface area contributed by atoms with Crippen molar-refractivity contribution in [3.8, 4) is 0 Å². The van der Waals surface area contributed by atoms with E-state index in [1.165, 1.54) is 89.9 Å². The second-order valence-electron chi connectivity index (χ2n) is 15.3. The minimum Gasteiger partial charge on any atom is -0.756 e. The number of phosphoric acid groups is 1. The van der Waals surface area contributed by atoms with Crippen molar-refractivity contribution in [2.24, 2.45) is 0 Å². The summed E-state index contributed by atoms with van der Waals surface area (Å²) in [6.07, 6.45) is 40.3. The molecule has 300 valence electrons. The van der Waals surface area contributed by atoms with Crippen LogP contribution >= 0.6 is 7.82 Å². The normalized spacial score (nSPS) is 14.9. The van der Waals surface area contributed by atoms with Crippen molar-refractivity contribution < 1.29 is 32.9 Å². The molecule has 3 unspecified atom stereocenters. The monoisotopic (exact) mass is 741 g/mol. The van der Waals surface area contributed by atoms with Gasteiger partial charge in [0.05, 0.1) is 39.9 Å². The van der Waals surface area contributed by atoms with Gasteiger partial charge in [0.25, 0.3) is 7.82 Å². The first-order valence-electron chi connectivity index (χ1n) is 20.9. The average molecular weight is 741 g/mol. The van der Waals surface area contributed by atoms with Gasteiger partial charge in [0.1, 0.15) is 13.2 Å². The maximum absolute atomic E-state index is 12.8. The van der Waals surface area contributed by atoms with Gasteiger partial charge in [-0.3, -0.25) is 9.36 Å². The number of likely N-dealkylation sites (N-methyl/N-ethyl adjacent to an activating group) is 1. The van der Waals surface area contributed by atoms with Crippen molar-refractivity contribution >= 4 is 13.7 Å². The molecular formula is C42H81N2O6P. The van der Waals surface area contributed by atoms with E-state index in [0.29, 0.717) is 17.4 Å². The predicted octanol–water partition coefficient (Wildman–Crippen LogP) is 10.5. The topological polar surface area (TPSA) is 108 Å². The van der Waals surface area contributed by atoms with Crippen LogP contribution in [0.2, 0.25) is 0 Å². The largest absolute Gasteiger partial charge is 0.756 e. The number of carbonyl (C=O) groups excluding carboxylic acids is 1. The smallest absolute Gasteiger partial charge is 0.268 e. The lowest BCUT2D eigenvalue weighted by atomic mass is 10.0. The third-order valence-corrected chi connectivity index (χ3v) is 10.1. The Balaban J connectivity index is 4.52. The summed E-state index contributed by atoms with van der Waals surface area (Å²) in [7, 11) is 1.25. The number of hydrogen-bond donors (Lipinski definition) is 2. The molecule has 2 N–H and O–H groups in total. The zero-order valence-electron chi connectivity index (χ0n) is 33.8. The lowest BCUT2D eigenvalue weighted by Gasteiger charge is -2.29. The van der Waals surface area contributed by atoms with Crippen LogP contribution in [0.4, 0.5) is 0 Å². The molecule has 0 rings (SSSR count). The highest BCUT2D eigenvalue weighted by atomic mass is 31.2. The van der Waals surface area contributed by atoms with Crippen molar-refractivity contribution in [2.45, 2.75) is 187 Å². The number of quaternary nitrogens is 1. The van der Waals surface area contributed by atoms with E-state index in [1.807, 2.05) is 27.2 Å². The second kappa shape index (κ2) is 34.5. The van der Waals surface area contributed by atoms with E-state index in [4.69, 9.17) is 9.05 Å². The summed E-state index contributed by atoms with van der Waals surface area (Å²) in [5.74, 6) is -0.214. The summed E-state index contributed by atoms with van der Waals surface area (Å²) in [5, 5.41) is 13.7. The molecule has 0 aliphatic rings. The number of unbranched alkanes of at least 4 members (excludes halogenated alkanes) is 20. The van der Waals surface area contributed by atoms with Gasteiger partial charge in [0.2, 0.25) is 5.91 Å². The lowest BCUT2D eigenvalue weighted by molar-refractivity contribution is -0.870. The van der Waals surface area contributed by atoms with E-state index in [2.05, 4.69) is 43.5 Å². The van der Waals surface area contributed by atoms with Crippen molar-refractivity contribution in [2.75, 3.05) is 40.9 Å². The molecule has 0 radical (unpaired) electrons. The van der Waals surface area contributed by atoms with Crippen molar-refractivity contribution in [3.05, 3.63) is 36.5 Å². The Bertz CT molecular complexity index is 933. The van der Waals surface area contributed by atoms with Gasteiger partial charge in [0, 0.05) is 6.42 Å². The molecule has 0 aromatic carbocycles. The maximum Gasteiger partial charge on any atom is 0.268 e. The first kappa shape index (κ1) is 49.7. The summed E-state index contributed by atoms with van der Waals surface area (Å²) in [4.78, 5) is 25.2. The third-order valence-electron chi connectivity index (χ3n) is 9.09. The molecule has 8 nitrogen and oxygen atoms in total. The third kappa shape index (κ3) is 36.9. The van der Waals surface area contributed by atoms with E-state index in [9.17, 15) is 19.4 Å². The number of aliphatic hydroxyl groups excluding tert-OH is 1. The van der Waals surface area contributed by atoms with Gasteiger partial charge in [-0.25, -0.2) is 0 Å². The summed E-state index contributed by atoms with van der Waals surface area (Å²) in [6.45, 7) is 4.59. The molecule has 0 aromatic heterocycles. The fourth-order valence-electron chi connectivity index (χ4n) is 5.71. The van der Waals surface area contributed by atoms with E-state index < -0.39 is 20.0 Å². The molecule has 0 saturated carbocycles. The molecule has 0 spiro atoms. The van der Waals surface area contributed by atoms with Gasteiger partial charge in [-0.15, -0.1) is 0 Å². The van der Waals surface area contributed by atoms with Gasteiger partial charge in [0.15, 0.2) is 0 Å². The summed E-state index contributed by atoms with van der Waals surface area (Å²) < 4.78 is 23.1. The van der Waals surface area contributed by atoms with Crippen molar-refractivity contribution in [3.63, 3.8) is 0 Å². The highest BCUT2D eigenvalue weighted by molar-refractivity contribution is 7.45. The number of hydrogen-bond acceptors (Lipinski definition) is 6. The summed E-state index contributed by atoms with van der Waals surface area (Å²) in [5.41, 5.74) is 0. The van der Waals surface area contributed by atoms with Crippen LogP contribution in [0.25, 0.3) is 0 Å². The van der Waals surface area contributed by atoms with Crippen molar-refractivity contribution in [1.29, 1.82) is 0 Å². The van der Waals surface area contributed by atoms with Crippen LogP contribution in [0.3, 0.4) is 0 Å². The lowest BCUT2D eigenvalue weighted by Crippen LogP contribution is -2.45. The fourth-order valence-corrected chi connectivity index (χ4v) is 6.43. The standard InChI is InChI=1S/C42H81N2O6P/c1-6-8-10-12-14-16-18-20-22-24-26-28-30-32-34-36-42(46)43-40(39-50-51(47,48)49-38-37-44(3,4)5)41(45)35-33-31-29-27-25-23-21-19-17-15-13-11-9-7-2/h14,16,20,22,33,35,40-41,45H,6-13,15,17-19,21,23-32,34,36-39H2,1-5H3,(H-,43,46,47,48)/b16-14-,22-20-,35-33+. The minimum atomic E-state index is -4.59. The van der Waals surface area contributed by atoms with Crippen LogP contribution in [0.1, 0.15) is 174 Å². The summed E-state index contributed by atoms with van der Waals surface area (Å²) >= 11 is 0. The number of nitrogens with one attached hydrogen (secondary N) is 1. The van der Waals surface area contributed by atoms with Gasteiger partial charge in [-0.1, -0.05) is 153 Å². The van der Waals surface area contributed by atoms with E-state index in [1.54, 1.807) is 6.08 Å². The first-order valence-corrected chi connectivity index (χ1v) is 22.3. The predicted molar refractivity (Wildman–Crippen MR) is 215 cm³/mol. The van der Waals surface area contributed by atoms with Crippen LogP contribution in [0.15, 0.2) is 36.5 Å². The molecule has 0 aromatic rings. The van der Waals surface area contributed by atoms with E-state index in [0.717, 1.165) is 64.2 Å². The van der Waals surface area contributed by atoms with Gasteiger partial charge in [-0.2, -0.15) is 0 Å². The number of carbonyl (C=O) groups is 1. The number of phosphoric ester groups is 1. The quantitative estimate of drug-likeness (QED) is 0.0284. The Morgan fingerprint density at radius 2 is 1.14 bits per heavy atom. The molecule has 3 atom stereocenters. The number of nitrogens with zero attached hydrogens (tertiary/aromatic N) is 1. The van der Waals surface area contributed by atoms with Crippen LogP contribution in [-0.2, 0) is 18.4 Å². The zero-order chi connectivity index (χ0) is 37.9. The fraction of sp³-hybridized carbons (Fsp3) is 0.833. The Labute approximate surface area is 315 Å². The SMILES string of the molecule is CCCCC/C=C\C/C=C\CCCCCCCC(=O)NC(COP(=O)([O-])OCC[N+](C)(C)C)C(O)/C=C/CCCCCCCCCCCCCC. The average Bonchev–Trinajstić information content (AvgIpc) is 3.07. The second-order valence-corrected chi connectivity index (χ2v) is 16.8. The van der Waals surface area contributed by atoms with Gasteiger partial charge >= 0.3 is 0 Å². The molecule has 0 aliphatic heterocycles. The molecule has 51 heavy (non-hydrogen) atoms. The van der Waals surface area contributed by atoms with Crippen LogP contribution < -0.4 is 10.2 Å². The molecule has 0 bridgehead atoms. The van der Waals surface area contributed by atoms with E-state index in [-0.39, 0.29) is 19.1 Å². The molecular weight excluding hydrogens is 659 g/mol. The molecule has 0 fully saturated rings.